The summed E-state index contributed by atoms with van der Waals surface area (Å²) >= 11 is 12.0. The number of hydrogen-bond acceptors (Lipinski definition) is 2. The number of piperidine rings is 1. The maximum Gasteiger partial charge on any atom is 0.256 e. The van der Waals surface area contributed by atoms with Crippen molar-refractivity contribution in [3.8, 4) is 0 Å². The summed E-state index contributed by atoms with van der Waals surface area (Å²) in [6.45, 7) is 3.76. The highest BCUT2D eigenvalue weighted by Gasteiger charge is 2.51. The van der Waals surface area contributed by atoms with Crippen LogP contribution in [0.3, 0.4) is 0 Å². The number of hydrogen-bond donors (Lipinski definition) is 0. The summed E-state index contributed by atoms with van der Waals surface area (Å²) in [5.74, 6) is -0.262. The molecule has 2 unspecified atom stereocenters. The number of likely N-dealkylation sites (tertiary alicyclic amines) is 1. The third-order valence-electron chi connectivity index (χ3n) is 5.14. The number of ketones is 1. The minimum Gasteiger partial charge on any atom is -0.325 e. The molecule has 1 aliphatic heterocycles. The predicted molar refractivity (Wildman–Crippen MR) is 104 cm³/mol. The number of rotatable bonds is 3. The second-order valence-corrected chi connectivity index (χ2v) is 8.23. The lowest BCUT2D eigenvalue weighted by molar-refractivity contribution is -0.152. The zero-order chi connectivity index (χ0) is 18.9. The van der Waals surface area contributed by atoms with E-state index in [0.717, 1.165) is 11.1 Å². The van der Waals surface area contributed by atoms with Crippen LogP contribution >= 0.6 is 23.2 Å². The van der Waals surface area contributed by atoms with Gasteiger partial charge in [-0.3, -0.25) is 9.59 Å². The van der Waals surface area contributed by atoms with Crippen LogP contribution in [-0.4, -0.2) is 21.4 Å². The van der Waals surface area contributed by atoms with Crippen LogP contribution in [0, 0.1) is 5.41 Å². The molecule has 1 aliphatic rings. The van der Waals surface area contributed by atoms with Gasteiger partial charge in [0.2, 0.25) is 0 Å². The van der Waals surface area contributed by atoms with Gasteiger partial charge in [0.1, 0.15) is 5.78 Å². The van der Waals surface area contributed by atoms with Gasteiger partial charge in [0.05, 0.1) is 12.1 Å². The van der Waals surface area contributed by atoms with Gasteiger partial charge in [-0.05, 0) is 11.1 Å². The molecule has 3 rings (SSSR count). The number of carbonyl (C=O) groups excluding carboxylic acids is 2. The molecule has 1 saturated heterocycles. The molecule has 3 nitrogen and oxygen atoms in total. The summed E-state index contributed by atoms with van der Waals surface area (Å²) in [4.78, 5) is 26.5. The maximum absolute atomic E-state index is 13.0. The molecular formula is C21H21Cl2NO2. The molecule has 136 valence electrons. The van der Waals surface area contributed by atoms with Crippen molar-refractivity contribution >= 4 is 34.9 Å². The van der Waals surface area contributed by atoms with E-state index in [1.165, 1.54) is 0 Å². The lowest BCUT2D eigenvalue weighted by atomic mass is 9.69. The third kappa shape index (κ3) is 3.38. The van der Waals surface area contributed by atoms with Crippen LogP contribution in [0.15, 0.2) is 60.7 Å². The fraction of sp³-hybridized carbons (Fsp3) is 0.333. The van der Waals surface area contributed by atoms with Crippen LogP contribution in [0.1, 0.15) is 43.5 Å². The monoisotopic (exact) mass is 389 g/mol. The van der Waals surface area contributed by atoms with Gasteiger partial charge in [-0.15, -0.1) is 0 Å². The highest BCUT2D eigenvalue weighted by molar-refractivity contribution is 6.53. The normalized spacial score (nSPS) is 22.5. The van der Waals surface area contributed by atoms with Crippen LogP contribution in [0.4, 0.5) is 0 Å². The zero-order valence-corrected chi connectivity index (χ0v) is 16.2. The summed E-state index contributed by atoms with van der Waals surface area (Å²) in [5, 5.41) is 0. The molecule has 0 bridgehead atoms. The molecule has 1 amide bonds. The van der Waals surface area contributed by atoms with Crippen molar-refractivity contribution in [3.05, 3.63) is 71.8 Å². The molecule has 1 fully saturated rings. The molecule has 0 N–H and O–H groups in total. The van der Waals surface area contributed by atoms with Crippen molar-refractivity contribution in [2.45, 2.75) is 37.2 Å². The molecule has 0 spiro atoms. The first-order chi connectivity index (χ1) is 12.3. The Kier molecular flexibility index (Phi) is 5.40. The van der Waals surface area contributed by atoms with Gasteiger partial charge in [-0.25, -0.2) is 0 Å². The average molecular weight is 390 g/mol. The summed E-state index contributed by atoms with van der Waals surface area (Å²) in [6, 6.07) is 18.3. The Balaban J connectivity index is 2.18. The predicted octanol–water partition coefficient (Wildman–Crippen LogP) is 5.10. The van der Waals surface area contributed by atoms with Crippen molar-refractivity contribution in [1.29, 1.82) is 0 Å². The second kappa shape index (κ2) is 7.42. The number of carbonyl (C=O) groups is 2. The Hall–Kier alpha value is -1.84. The number of Topliss-reactive ketones (excluding diaryl/α,β-unsaturated/α-hetero) is 1. The summed E-state index contributed by atoms with van der Waals surface area (Å²) < 4.78 is 0. The fourth-order valence-electron chi connectivity index (χ4n) is 3.78. The molecular weight excluding hydrogens is 369 g/mol. The van der Waals surface area contributed by atoms with Crippen LogP contribution in [0.2, 0.25) is 0 Å². The summed E-state index contributed by atoms with van der Waals surface area (Å²) in [7, 11) is 0. The zero-order valence-electron chi connectivity index (χ0n) is 14.7. The number of nitrogens with zero attached hydrogens (tertiary/aromatic N) is 1. The van der Waals surface area contributed by atoms with E-state index in [4.69, 9.17) is 23.2 Å². The SMILES string of the molecule is CC1(C)C(=O)CC(c2ccccc2)N(C(=O)C(Cl)Cl)C1c1ccccc1. The number of alkyl halides is 2. The lowest BCUT2D eigenvalue weighted by Gasteiger charge is -2.50. The lowest BCUT2D eigenvalue weighted by Crippen LogP contribution is -2.53. The van der Waals surface area contributed by atoms with Gasteiger partial charge in [0, 0.05) is 11.8 Å². The van der Waals surface area contributed by atoms with E-state index >= 15 is 0 Å². The Morgan fingerprint density at radius 2 is 1.50 bits per heavy atom. The first kappa shape index (κ1) is 18.9. The first-order valence-electron chi connectivity index (χ1n) is 8.57. The largest absolute Gasteiger partial charge is 0.325 e. The molecule has 2 atom stereocenters. The first-order valence-corrected chi connectivity index (χ1v) is 9.45. The van der Waals surface area contributed by atoms with Crippen molar-refractivity contribution in [2.24, 2.45) is 5.41 Å². The molecule has 2 aromatic carbocycles. The number of amides is 1. The van der Waals surface area contributed by atoms with E-state index in [1.807, 2.05) is 74.5 Å². The van der Waals surface area contributed by atoms with Crippen LogP contribution in [0.5, 0.6) is 0 Å². The molecule has 0 radical (unpaired) electrons. The van der Waals surface area contributed by atoms with Crippen molar-refractivity contribution in [2.75, 3.05) is 0 Å². The van der Waals surface area contributed by atoms with E-state index in [0.29, 0.717) is 0 Å². The average Bonchev–Trinajstić information content (AvgIpc) is 2.64. The molecule has 5 heteroatoms. The van der Waals surface area contributed by atoms with E-state index < -0.39 is 22.3 Å². The maximum atomic E-state index is 13.0. The quantitative estimate of drug-likeness (QED) is 0.684. The molecule has 0 aromatic heterocycles. The van der Waals surface area contributed by atoms with Gasteiger partial charge >= 0.3 is 0 Å². The van der Waals surface area contributed by atoms with E-state index in [9.17, 15) is 9.59 Å². The van der Waals surface area contributed by atoms with Crippen molar-refractivity contribution < 1.29 is 9.59 Å². The van der Waals surface area contributed by atoms with Crippen molar-refractivity contribution in [1.82, 2.24) is 4.90 Å². The second-order valence-electron chi connectivity index (χ2n) is 7.13. The highest BCUT2D eigenvalue weighted by atomic mass is 35.5. The summed E-state index contributed by atoms with van der Waals surface area (Å²) in [6.07, 6.45) is 0.243. The summed E-state index contributed by atoms with van der Waals surface area (Å²) in [5.41, 5.74) is 1.05. The van der Waals surface area contributed by atoms with E-state index in [1.54, 1.807) is 4.90 Å². The highest BCUT2D eigenvalue weighted by Crippen LogP contribution is 2.50. The standard InChI is InChI=1S/C21H21Cl2NO2/c1-21(2)17(25)13-16(14-9-5-3-6-10-14)24(20(26)19(22)23)18(21)15-11-7-4-8-12-15/h3-12,16,18-19H,13H2,1-2H3. The van der Waals surface area contributed by atoms with Crippen molar-refractivity contribution in [3.63, 3.8) is 0 Å². The molecule has 0 saturated carbocycles. The Morgan fingerprint density at radius 3 is 2.00 bits per heavy atom. The molecule has 2 aromatic rings. The van der Waals surface area contributed by atoms with Crippen LogP contribution in [0.25, 0.3) is 0 Å². The van der Waals surface area contributed by atoms with Gasteiger partial charge < -0.3 is 4.90 Å². The number of benzene rings is 2. The Morgan fingerprint density at radius 1 is 1.00 bits per heavy atom. The molecule has 1 heterocycles. The van der Waals surface area contributed by atoms with Gasteiger partial charge in [0.25, 0.3) is 5.91 Å². The van der Waals surface area contributed by atoms with Crippen LogP contribution < -0.4 is 0 Å². The molecule has 0 aliphatic carbocycles. The Bertz CT molecular complexity index is 790. The van der Waals surface area contributed by atoms with Gasteiger partial charge in [-0.1, -0.05) is 97.7 Å². The Labute approximate surface area is 163 Å². The number of halogens is 2. The van der Waals surface area contributed by atoms with E-state index in [-0.39, 0.29) is 18.1 Å². The fourth-order valence-corrected chi connectivity index (χ4v) is 4.00. The third-order valence-corrected chi connectivity index (χ3v) is 5.51. The van der Waals surface area contributed by atoms with Crippen LogP contribution in [-0.2, 0) is 9.59 Å². The van der Waals surface area contributed by atoms with Gasteiger partial charge in [0.15, 0.2) is 4.84 Å². The van der Waals surface area contributed by atoms with Gasteiger partial charge in [-0.2, -0.15) is 0 Å². The van der Waals surface area contributed by atoms with E-state index in [2.05, 4.69) is 0 Å². The minimum atomic E-state index is -1.18. The molecule has 26 heavy (non-hydrogen) atoms. The topological polar surface area (TPSA) is 37.4 Å². The smallest absolute Gasteiger partial charge is 0.256 e. The minimum absolute atomic E-state index is 0.116.